The quantitative estimate of drug-likeness (QED) is 0.618. The van der Waals surface area contributed by atoms with Crippen LogP contribution in [-0.2, 0) is 10.3 Å². The molecule has 4 heterocycles. The highest BCUT2D eigenvalue weighted by molar-refractivity contribution is 5.78. The molecule has 0 radical (unpaired) electrons. The van der Waals surface area contributed by atoms with Crippen LogP contribution in [0, 0.1) is 11.3 Å². The third-order valence-electron chi connectivity index (χ3n) is 6.49. The van der Waals surface area contributed by atoms with Gasteiger partial charge in [0.2, 0.25) is 0 Å². The number of amidine groups is 1. The molecule has 3 aliphatic rings. The molecule has 0 unspecified atom stereocenters. The van der Waals surface area contributed by atoms with Gasteiger partial charge < -0.3 is 20.1 Å². The number of anilines is 1. The molecule has 0 aliphatic carbocycles. The lowest BCUT2D eigenvalue weighted by molar-refractivity contribution is 0.0256. The second kappa shape index (κ2) is 7.15. The highest BCUT2D eigenvalue weighted by Gasteiger charge is 2.48. The average molecular weight is 459 g/mol. The smallest absolute Gasteiger partial charge is 0.283 e. The molecule has 0 saturated carbocycles. The van der Waals surface area contributed by atoms with E-state index in [0.29, 0.717) is 28.4 Å². The van der Waals surface area contributed by atoms with Crippen LogP contribution < -0.4 is 15.4 Å². The maximum absolute atomic E-state index is 13.8. The van der Waals surface area contributed by atoms with Crippen molar-refractivity contribution in [3.63, 3.8) is 0 Å². The van der Waals surface area contributed by atoms with Gasteiger partial charge in [0.1, 0.15) is 18.2 Å². The highest BCUT2D eigenvalue weighted by Crippen LogP contribution is 2.52. The van der Waals surface area contributed by atoms with Crippen molar-refractivity contribution in [1.29, 1.82) is 5.26 Å². The first-order valence-corrected chi connectivity index (χ1v) is 10.8. The van der Waals surface area contributed by atoms with E-state index in [1.807, 2.05) is 36.4 Å². The second-order valence-electron chi connectivity index (χ2n) is 8.67. The minimum atomic E-state index is -2.75. The number of halogens is 2. The highest BCUT2D eigenvalue weighted by atomic mass is 19.3. The van der Waals surface area contributed by atoms with Crippen molar-refractivity contribution in [3.05, 3.63) is 71.4 Å². The van der Waals surface area contributed by atoms with Gasteiger partial charge in [-0.15, -0.1) is 0 Å². The molecular formula is C25H19F2N5O2. The van der Waals surface area contributed by atoms with Gasteiger partial charge >= 0.3 is 0 Å². The number of nitrogens with two attached hydrogens (primary N) is 1. The fourth-order valence-corrected chi connectivity index (χ4v) is 4.80. The Morgan fingerprint density at radius 2 is 1.88 bits per heavy atom. The molecule has 6 rings (SSSR count). The number of hydrogen-bond donors (Lipinski definition) is 1. The fraction of sp³-hybridized carbons (Fsp3) is 0.240. The topological polar surface area (TPSA) is 96.8 Å². The zero-order valence-electron chi connectivity index (χ0n) is 18.0. The van der Waals surface area contributed by atoms with Gasteiger partial charge in [-0.2, -0.15) is 5.26 Å². The van der Waals surface area contributed by atoms with E-state index in [1.165, 1.54) is 0 Å². The lowest BCUT2D eigenvalue weighted by Gasteiger charge is -2.34. The number of benzene rings is 2. The lowest BCUT2D eigenvalue weighted by Crippen LogP contribution is -2.32. The number of rotatable bonds is 2. The van der Waals surface area contributed by atoms with Crippen molar-refractivity contribution in [1.82, 2.24) is 4.98 Å². The Morgan fingerprint density at radius 1 is 1.06 bits per heavy atom. The summed E-state index contributed by atoms with van der Waals surface area (Å²) in [6, 6.07) is 16.9. The van der Waals surface area contributed by atoms with Crippen LogP contribution in [0.1, 0.15) is 23.1 Å². The van der Waals surface area contributed by atoms with Crippen molar-refractivity contribution in [2.45, 2.75) is 17.9 Å². The molecule has 1 fully saturated rings. The fourth-order valence-electron chi connectivity index (χ4n) is 4.80. The van der Waals surface area contributed by atoms with Gasteiger partial charge in [0.25, 0.3) is 11.9 Å². The van der Waals surface area contributed by atoms with Crippen LogP contribution >= 0.6 is 0 Å². The van der Waals surface area contributed by atoms with E-state index in [-0.39, 0.29) is 32.1 Å². The van der Waals surface area contributed by atoms with Crippen LogP contribution in [0.2, 0.25) is 0 Å². The van der Waals surface area contributed by atoms with Crippen LogP contribution in [0.4, 0.5) is 14.6 Å². The zero-order chi connectivity index (χ0) is 23.5. The standard InChI is InChI=1S/C25H19F2N5O2/c26-24(27)6-7-32(13-24)22-10-19-21(12-30-22)34-20-5-4-17(16-3-1-2-15(8-16)11-28)9-18(20)25(19)14-33-23(29)31-25/h1-5,8-10,12H,6-7,13-14H2,(H2,29,31)/t25-/m0/s1. The van der Waals surface area contributed by atoms with E-state index in [9.17, 15) is 14.0 Å². The summed E-state index contributed by atoms with van der Waals surface area (Å²) in [5.41, 5.74) is 8.65. The molecule has 9 heteroatoms. The second-order valence-corrected chi connectivity index (χ2v) is 8.67. The van der Waals surface area contributed by atoms with E-state index in [4.69, 9.17) is 15.2 Å². The van der Waals surface area contributed by atoms with E-state index >= 15 is 0 Å². The normalized spacial score (nSPS) is 21.8. The molecule has 3 aliphatic heterocycles. The van der Waals surface area contributed by atoms with Crippen molar-refractivity contribution in [2.24, 2.45) is 10.7 Å². The zero-order valence-corrected chi connectivity index (χ0v) is 18.0. The maximum atomic E-state index is 13.8. The molecule has 2 N–H and O–H groups in total. The summed E-state index contributed by atoms with van der Waals surface area (Å²) in [5.74, 6) is -1.26. The summed E-state index contributed by atoms with van der Waals surface area (Å²) < 4.78 is 39.5. The molecule has 1 saturated heterocycles. The SMILES string of the molecule is N#Cc1cccc(-c2ccc3c(c2)[C@@]2(COC(N)=N2)c2cc(N4CCC(F)(F)C4)ncc2O3)c1. The van der Waals surface area contributed by atoms with Gasteiger partial charge in [0.05, 0.1) is 24.4 Å². The summed E-state index contributed by atoms with van der Waals surface area (Å²) >= 11 is 0. The third-order valence-corrected chi connectivity index (χ3v) is 6.49. The van der Waals surface area contributed by atoms with Crippen LogP contribution in [0.5, 0.6) is 11.5 Å². The van der Waals surface area contributed by atoms with E-state index in [0.717, 1.165) is 16.7 Å². The Labute approximate surface area is 194 Å². The number of ether oxygens (including phenoxy) is 2. The molecule has 0 bridgehead atoms. The van der Waals surface area contributed by atoms with Gasteiger partial charge in [0, 0.05) is 24.1 Å². The van der Waals surface area contributed by atoms with Crippen molar-refractivity contribution < 1.29 is 18.3 Å². The summed E-state index contributed by atoms with van der Waals surface area (Å²) in [5, 5.41) is 9.28. The first-order valence-electron chi connectivity index (χ1n) is 10.8. The predicted octanol–water partition coefficient (Wildman–Crippen LogP) is 4.16. The lowest BCUT2D eigenvalue weighted by atomic mass is 9.80. The first kappa shape index (κ1) is 20.4. The van der Waals surface area contributed by atoms with Crippen LogP contribution in [-0.4, -0.2) is 36.6 Å². The number of hydrogen-bond acceptors (Lipinski definition) is 7. The van der Waals surface area contributed by atoms with Crippen molar-refractivity contribution in [3.8, 4) is 28.7 Å². The number of aliphatic imine (C=N–C) groups is 1. The number of aromatic nitrogens is 1. The Kier molecular flexibility index (Phi) is 4.30. The molecule has 170 valence electrons. The Bertz CT molecular complexity index is 1400. The molecule has 34 heavy (non-hydrogen) atoms. The number of alkyl halides is 2. The molecule has 0 amide bonds. The minimum absolute atomic E-state index is 0.0433. The summed E-state index contributed by atoms with van der Waals surface area (Å²) in [6.45, 7) is -0.0292. The first-order chi connectivity index (χ1) is 16.4. The average Bonchev–Trinajstić information content (AvgIpc) is 3.41. The molecule has 3 aromatic rings. The molecular weight excluding hydrogens is 440 g/mol. The van der Waals surface area contributed by atoms with Crippen molar-refractivity contribution >= 4 is 11.8 Å². The van der Waals surface area contributed by atoms with E-state index < -0.39 is 11.5 Å². The van der Waals surface area contributed by atoms with Crippen LogP contribution in [0.15, 0.2) is 59.7 Å². The Balaban J connectivity index is 1.49. The number of nitriles is 1. The molecule has 1 aromatic heterocycles. The largest absolute Gasteiger partial charge is 0.462 e. The summed E-state index contributed by atoms with van der Waals surface area (Å²) in [7, 11) is 0. The van der Waals surface area contributed by atoms with Gasteiger partial charge in [-0.05, 0) is 41.5 Å². The number of pyridine rings is 1. The monoisotopic (exact) mass is 459 g/mol. The van der Waals surface area contributed by atoms with Gasteiger partial charge in [-0.1, -0.05) is 18.2 Å². The maximum Gasteiger partial charge on any atom is 0.283 e. The van der Waals surface area contributed by atoms with Crippen molar-refractivity contribution in [2.75, 3.05) is 24.6 Å². The van der Waals surface area contributed by atoms with Crippen LogP contribution in [0.3, 0.4) is 0 Å². The van der Waals surface area contributed by atoms with Gasteiger partial charge in [-0.25, -0.2) is 18.8 Å². The molecule has 1 spiro atoms. The number of fused-ring (bicyclic) bond motifs is 4. The summed E-state index contributed by atoms with van der Waals surface area (Å²) in [6.07, 6.45) is 1.33. The minimum Gasteiger partial charge on any atom is -0.462 e. The van der Waals surface area contributed by atoms with Crippen LogP contribution in [0.25, 0.3) is 11.1 Å². The van der Waals surface area contributed by atoms with E-state index in [2.05, 4.69) is 16.0 Å². The van der Waals surface area contributed by atoms with Gasteiger partial charge in [0.15, 0.2) is 11.3 Å². The third kappa shape index (κ3) is 3.14. The Hall–Kier alpha value is -4.19. The molecule has 1 atom stereocenters. The van der Waals surface area contributed by atoms with Gasteiger partial charge in [-0.3, -0.25) is 0 Å². The van der Waals surface area contributed by atoms with E-state index in [1.54, 1.807) is 23.2 Å². The predicted molar refractivity (Wildman–Crippen MR) is 121 cm³/mol. The molecule has 7 nitrogen and oxygen atoms in total. The summed E-state index contributed by atoms with van der Waals surface area (Å²) in [4.78, 5) is 10.6. The Morgan fingerprint density at radius 3 is 2.62 bits per heavy atom. The number of nitrogens with zero attached hydrogens (tertiary/aromatic N) is 4. The molecule has 2 aromatic carbocycles.